The molecule has 2 heterocycles. The lowest BCUT2D eigenvalue weighted by Crippen LogP contribution is -2.49. The molecule has 2 aliphatic rings. The van der Waals surface area contributed by atoms with Gasteiger partial charge in [-0.3, -0.25) is 4.90 Å². The minimum absolute atomic E-state index is 0.219. The first kappa shape index (κ1) is 13.9. The van der Waals surface area contributed by atoms with E-state index in [1.54, 1.807) is 4.90 Å². The van der Waals surface area contributed by atoms with E-state index in [-0.39, 0.29) is 6.03 Å². The van der Waals surface area contributed by atoms with Crippen LogP contribution in [0.2, 0.25) is 0 Å². The van der Waals surface area contributed by atoms with E-state index in [0.717, 1.165) is 12.0 Å². The zero-order chi connectivity index (χ0) is 15.0. The SMILES string of the molecule is NCC1CCN(C(=O)N2c3ccccc3CC2C(=O)O)C1. The number of carbonyl (C=O) groups excluding carboxylic acids is 1. The van der Waals surface area contributed by atoms with Crippen molar-refractivity contribution in [2.75, 3.05) is 24.5 Å². The number of nitrogens with zero attached hydrogens (tertiary/aromatic N) is 2. The topological polar surface area (TPSA) is 86.9 Å². The van der Waals surface area contributed by atoms with Crippen LogP contribution in [0.3, 0.4) is 0 Å². The van der Waals surface area contributed by atoms with Gasteiger partial charge in [-0.2, -0.15) is 0 Å². The van der Waals surface area contributed by atoms with E-state index in [1.165, 1.54) is 4.90 Å². The molecule has 6 nitrogen and oxygen atoms in total. The smallest absolute Gasteiger partial charge is 0.327 e. The van der Waals surface area contributed by atoms with Gasteiger partial charge in [0.05, 0.1) is 0 Å². The predicted octanol–water partition coefficient (Wildman–Crippen LogP) is 0.903. The summed E-state index contributed by atoms with van der Waals surface area (Å²) < 4.78 is 0. The third kappa shape index (κ3) is 2.35. The average molecular weight is 289 g/mol. The molecular formula is C15H19N3O3. The van der Waals surface area contributed by atoms with E-state index >= 15 is 0 Å². The second-order valence-corrected chi connectivity index (χ2v) is 5.68. The summed E-state index contributed by atoms with van der Waals surface area (Å²) >= 11 is 0. The van der Waals surface area contributed by atoms with Crippen LogP contribution in [-0.2, 0) is 11.2 Å². The van der Waals surface area contributed by atoms with Crippen molar-refractivity contribution in [3.8, 4) is 0 Å². The molecule has 2 amide bonds. The first-order valence-electron chi connectivity index (χ1n) is 7.20. The van der Waals surface area contributed by atoms with E-state index in [1.807, 2.05) is 24.3 Å². The van der Waals surface area contributed by atoms with Crippen LogP contribution in [-0.4, -0.2) is 47.7 Å². The summed E-state index contributed by atoms with van der Waals surface area (Å²) in [6.07, 6.45) is 1.25. The van der Waals surface area contributed by atoms with Crippen molar-refractivity contribution in [1.82, 2.24) is 4.90 Å². The maximum absolute atomic E-state index is 12.7. The van der Waals surface area contributed by atoms with E-state index in [9.17, 15) is 14.7 Å². The summed E-state index contributed by atoms with van der Waals surface area (Å²) in [4.78, 5) is 27.4. The van der Waals surface area contributed by atoms with Crippen molar-refractivity contribution in [1.29, 1.82) is 0 Å². The molecule has 0 radical (unpaired) electrons. The lowest BCUT2D eigenvalue weighted by atomic mass is 10.1. The number of benzene rings is 1. The molecule has 0 saturated carbocycles. The number of nitrogens with two attached hydrogens (primary N) is 1. The van der Waals surface area contributed by atoms with Crippen molar-refractivity contribution in [2.24, 2.45) is 11.7 Å². The fraction of sp³-hybridized carbons (Fsp3) is 0.467. The summed E-state index contributed by atoms with van der Waals surface area (Å²) in [5.41, 5.74) is 7.28. The highest BCUT2D eigenvalue weighted by molar-refractivity contribution is 6.01. The number of likely N-dealkylation sites (tertiary alicyclic amines) is 1. The maximum Gasteiger partial charge on any atom is 0.327 e. The van der Waals surface area contributed by atoms with Gasteiger partial charge in [-0.15, -0.1) is 0 Å². The molecular weight excluding hydrogens is 270 g/mol. The van der Waals surface area contributed by atoms with Crippen LogP contribution in [0.1, 0.15) is 12.0 Å². The van der Waals surface area contributed by atoms with Crippen LogP contribution < -0.4 is 10.6 Å². The molecule has 1 aromatic carbocycles. The molecule has 6 heteroatoms. The number of hydrogen-bond donors (Lipinski definition) is 2. The number of para-hydroxylation sites is 1. The van der Waals surface area contributed by atoms with Gasteiger partial charge in [0.1, 0.15) is 6.04 Å². The number of aliphatic carboxylic acids is 1. The normalized spacial score (nSPS) is 24.2. The number of anilines is 1. The standard InChI is InChI=1S/C15H19N3O3/c16-8-10-5-6-17(9-10)15(21)18-12-4-2-1-3-11(12)7-13(18)14(19)20/h1-4,10,13H,5-9,16H2,(H,19,20). The number of carboxylic acid groups (broad SMARTS) is 1. The number of urea groups is 1. The lowest BCUT2D eigenvalue weighted by molar-refractivity contribution is -0.138. The molecule has 3 rings (SSSR count). The molecule has 0 spiro atoms. The van der Waals surface area contributed by atoms with Crippen molar-refractivity contribution in [2.45, 2.75) is 18.9 Å². The van der Waals surface area contributed by atoms with Crippen molar-refractivity contribution < 1.29 is 14.7 Å². The minimum Gasteiger partial charge on any atom is -0.480 e. The average Bonchev–Trinajstić information content (AvgIpc) is 3.11. The van der Waals surface area contributed by atoms with Gasteiger partial charge in [0, 0.05) is 25.2 Å². The molecule has 1 aromatic rings. The molecule has 112 valence electrons. The Labute approximate surface area is 123 Å². The number of amides is 2. The predicted molar refractivity (Wildman–Crippen MR) is 78.2 cm³/mol. The molecule has 1 saturated heterocycles. The van der Waals surface area contributed by atoms with Crippen LogP contribution in [0.15, 0.2) is 24.3 Å². The summed E-state index contributed by atoms with van der Waals surface area (Å²) in [6.45, 7) is 1.81. The second kappa shape index (κ2) is 5.37. The number of fused-ring (bicyclic) bond motifs is 1. The maximum atomic E-state index is 12.7. The quantitative estimate of drug-likeness (QED) is 0.847. The van der Waals surface area contributed by atoms with E-state index in [2.05, 4.69) is 0 Å². The van der Waals surface area contributed by atoms with E-state index < -0.39 is 12.0 Å². The van der Waals surface area contributed by atoms with Gasteiger partial charge >= 0.3 is 12.0 Å². The van der Waals surface area contributed by atoms with Gasteiger partial charge < -0.3 is 15.7 Å². The molecule has 2 atom stereocenters. The number of rotatable bonds is 2. The van der Waals surface area contributed by atoms with Gasteiger partial charge in [-0.1, -0.05) is 18.2 Å². The number of carbonyl (C=O) groups is 2. The van der Waals surface area contributed by atoms with Gasteiger partial charge in [-0.05, 0) is 30.5 Å². The van der Waals surface area contributed by atoms with Gasteiger partial charge in [0.15, 0.2) is 0 Å². The minimum atomic E-state index is -0.964. The summed E-state index contributed by atoms with van der Waals surface area (Å²) in [5.74, 6) is -0.649. The second-order valence-electron chi connectivity index (χ2n) is 5.68. The lowest BCUT2D eigenvalue weighted by Gasteiger charge is -2.28. The summed E-state index contributed by atoms with van der Waals surface area (Å²) in [6, 6.07) is 6.36. The molecule has 2 aliphatic heterocycles. The molecule has 21 heavy (non-hydrogen) atoms. The molecule has 0 aliphatic carbocycles. The van der Waals surface area contributed by atoms with Crippen molar-refractivity contribution in [3.05, 3.63) is 29.8 Å². The van der Waals surface area contributed by atoms with Gasteiger partial charge in [0.25, 0.3) is 0 Å². The number of hydrogen-bond acceptors (Lipinski definition) is 3. The van der Waals surface area contributed by atoms with Crippen LogP contribution >= 0.6 is 0 Å². The molecule has 0 aromatic heterocycles. The Morgan fingerprint density at radius 3 is 2.76 bits per heavy atom. The highest BCUT2D eigenvalue weighted by Crippen LogP contribution is 2.33. The summed E-state index contributed by atoms with van der Waals surface area (Å²) in [5, 5.41) is 9.41. The van der Waals surface area contributed by atoms with Crippen molar-refractivity contribution in [3.63, 3.8) is 0 Å². The fourth-order valence-corrected chi connectivity index (χ4v) is 3.17. The Kier molecular flexibility index (Phi) is 3.55. The molecule has 1 fully saturated rings. The molecule has 3 N–H and O–H groups in total. The summed E-state index contributed by atoms with van der Waals surface area (Å²) in [7, 11) is 0. The largest absolute Gasteiger partial charge is 0.480 e. The Morgan fingerprint density at radius 2 is 2.10 bits per heavy atom. The third-order valence-electron chi connectivity index (χ3n) is 4.36. The first-order chi connectivity index (χ1) is 10.1. The third-order valence-corrected chi connectivity index (χ3v) is 4.36. The highest BCUT2D eigenvalue weighted by atomic mass is 16.4. The zero-order valence-corrected chi connectivity index (χ0v) is 11.7. The van der Waals surface area contributed by atoms with Crippen molar-refractivity contribution >= 4 is 17.7 Å². The zero-order valence-electron chi connectivity index (χ0n) is 11.7. The van der Waals surface area contributed by atoms with Crippen LogP contribution in [0.25, 0.3) is 0 Å². The van der Waals surface area contributed by atoms with Crippen LogP contribution in [0.4, 0.5) is 10.5 Å². The Balaban J connectivity index is 1.87. The molecule has 0 bridgehead atoms. The van der Waals surface area contributed by atoms with Gasteiger partial charge in [-0.25, -0.2) is 9.59 Å². The Hall–Kier alpha value is -2.08. The van der Waals surface area contributed by atoms with Crippen LogP contribution in [0.5, 0.6) is 0 Å². The highest BCUT2D eigenvalue weighted by Gasteiger charge is 2.41. The Morgan fingerprint density at radius 1 is 1.33 bits per heavy atom. The van der Waals surface area contributed by atoms with Crippen LogP contribution in [0, 0.1) is 5.92 Å². The monoisotopic (exact) mass is 289 g/mol. The van der Waals surface area contributed by atoms with E-state index in [0.29, 0.717) is 37.7 Å². The fourth-order valence-electron chi connectivity index (χ4n) is 3.17. The van der Waals surface area contributed by atoms with Gasteiger partial charge in [0.2, 0.25) is 0 Å². The number of carboxylic acids is 1. The van der Waals surface area contributed by atoms with E-state index in [4.69, 9.17) is 5.73 Å². The Bertz CT molecular complexity index is 575. The first-order valence-corrected chi connectivity index (χ1v) is 7.20. The molecule has 2 unspecified atom stereocenters.